The number of methoxy groups -OCH3 is 1. The van der Waals surface area contributed by atoms with E-state index in [4.69, 9.17) is 4.74 Å². The van der Waals surface area contributed by atoms with Gasteiger partial charge >= 0.3 is 0 Å². The molecule has 0 radical (unpaired) electrons. The van der Waals surface area contributed by atoms with E-state index in [0.29, 0.717) is 27.1 Å². The summed E-state index contributed by atoms with van der Waals surface area (Å²) >= 11 is 3.43. The molecule has 1 fully saturated rings. The molecule has 0 unspecified atom stereocenters. The summed E-state index contributed by atoms with van der Waals surface area (Å²) in [6.45, 7) is 1.61. The van der Waals surface area contributed by atoms with Crippen LogP contribution in [0.3, 0.4) is 0 Å². The topological polar surface area (TPSA) is 125 Å². The van der Waals surface area contributed by atoms with Gasteiger partial charge in [0.05, 0.1) is 27.8 Å². The SMILES string of the molecule is CNS(=O)(=O)c1ccc(N2CCC(OC)CC2)c(Nc2ncnc3n[nH]c(Br)c23)c1. The van der Waals surface area contributed by atoms with E-state index in [-0.39, 0.29) is 11.0 Å². The first-order valence-electron chi connectivity index (χ1n) is 9.40. The van der Waals surface area contributed by atoms with E-state index in [1.54, 1.807) is 19.2 Å². The molecule has 0 bridgehead atoms. The Morgan fingerprint density at radius 1 is 1.27 bits per heavy atom. The van der Waals surface area contributed by atoms with Gasteiger partial charge < -0.3 is 15.0 Å². The van der Waals surface area contributed by atoms with Crippen molar-refractivity contribution in [1.82, 2.24) is 24.9 Å². The second kappa shape index (κ2) is 8.46. The fraction of sp³-hybridized carbons (Fsp3) is 0.389. The summed E-state index contributed by atoms with van der Waals surface area (Å²) in [6.07, 6.45) is 3.45. The van der Waals surface area contributed by atoms with Crippen LogP contribution in [0.25, 0.3) is 11.0 Å². The molecule has 12 heteroatoms. The van der Waals surface area contributed by atoms with Crippen LogP contribution in [0.4, 0.5) is 17.2 Å². The number of fused-ring (bicyclic) bond motifs is 1. The molecule has 30 heavy (non-hydrogen) atoms. The van der Waals surface area contributed by atoms with Gasteiger partial charge in [0.1, 0.15) is 16.7 Å². The van der Waals surface area contributed by atoms with Crippen LogP contribution in [0.5, 0.6) is 0 Å². The molecule has 0 spiro atoms. The fourth-order valence-electron chi connectivity index (χ4n) is 3.55. The maximum absolute atomic E-state index is 12.4. The molecular formula is C18H22BrN7O3S. The molecule has 160 valence electrons. The maximum Gasteiger partial charge on any atom is 0.240 e. The largest absolute Gasteiger partial charge is 0.381 e. The zero-order valence-electron chi connectivity index (χ0n) is 16.5. The Hall–Kier alpha value is -2.28. The van der Waals surface area contributed by atoms with Gasteiger partial charge in [-0.15, -0.1) is 0 Å². The molecule has 10 nitrogen and oxygen atoms in total. The van der Waals surface area contributed by atoms with E-state index in [0.717, 1.165) is 31.6 Å². The Kier molecular flexibility index (Phi) is 5.91. The Labute approximate surface area is 182 Å². The smallest absolute Gasteiger partial charge is 0.240 e. The van der Waals surface area contributed by atoms with Crippen LogP contribution in [-0.4, -0.2) is 61.9 Å². The molecule has 1 aliphatic rings. The van der Waals surface area contributed by atoms with Crippen LogP contribution in [-0.2, 0) is 14.8 Å². The number of hydrogen-bond acceptors (Lipinski definition) is 8. The van der Waals surface area contributed by atoms with Crippen molar-refractivity contribution in [1.29, 1.82) is 0 Å². The summed E-state index contributed by atoms with van der Waals surface area (Å²) in [4.78, 5) is 10.9. The quantitative estimate of drug-likeness (QED) is 0.475. The van der Waals surface area contributed by atoms with Crippen molar-refractivity contribution in [2.45, 2.75) is 23.8 Å². The Balaban J connectivity index is 1.77. The lowest BCUT2D eigenvalue weighted by atomic mass is 10.1. The molecule has 3 aromatic rings. The molecule has 2 aromatic heterocycles. The first-order chi connectivity index (χ1) is 14.4. The third kappa shape index (κ3) is 4.00. The average molecular weight is 496 g/mol. The number of ether oxygens (including phenoxy) is 1. The van der Waals surface area contributed by atoms with E-state index in [2.05, 4.69) is 51.0 Å². The van der Waals surface area contributed by atoms with Crippen LogP contribution in [0, 0.1) is 0 Å². The molecule has 1 saturated heterocycles. The lowest BCUT2D eigenvalue weighted by molar-refractivity contribution is 0.0819. The highest BCUT2D eigenvalue weighted by atomic mass is 79.9. The molecule has 0 atom stereocenters. The number of anilines is 3. The van der Waals surface area contributed by atoms with Crippen LogP contribution in [0.1, 0.15) is 12.8 Å². The molecule has 3 heterocycles. The summed E-state index contributed by atoms with van der Waals surface area (Å²) in [5, 5.41) is 10.9. The molecule has 0 aliphatic carbocycles. The maximum atomic E-state index is 12.4. The highest BCUT2D eigenvalue weighted by Gasteiger charge is 2.23. The number of halogens is 1. The fourth-order valence-corrected chi connectivity index (χ4v) is 4.76. The van der Waals surface area contributed by atoms with Gasteiger partial charge in [-0.3, -0.25) is 5.10 Å². The summed E-state index contributed by atoms with van der Waals surface area (Å²) in [7, 11) is -0.481. The van der Waals surface area contributed by atoms with Gasteiger partial charge in [0, 0.05) is 20.2 Å². The number of piperidine rings is 1. The van der Waals surface area contributed by atoms with Gasteiger partial charge in [0.15, 0.2) is 5.65 Å². The zero-order valence-corrected chi connectivity index (χ0v) is 18.9. The summed E-state index contributed by atoms with van der Waals surface area (Å²) in [6, 6.07) is 5.05. The third-order valence-electron chi connectivity index (χ3n) is 5.22. The van der Waals surface area contributed by atoms with Crippen LogP contribution < -0.4 is 14.9 Å². The van der Waals surface area contributed by atoms with Crippen LogP contribution in [0.15, 0.2) is 34.0 Å². The van der Waals surface area contributed by atoms with E-state index >= 15 is 0 Å². The van der Waals surface area contributed by atoms with Gasteiger partial charge in [-0.2, -0.15) is 5.10 Å². The summed E-state index contributed by atoms with van der Waals surface area (Å²) < 4.78 is 33.2. The number of hydrogen-bond donors (Lipinski definition) is 3. The molecular weight excluding hydrogens is 474 g/mol. The third-order valence-corrected chi connectivity index (χ3v) is 7.21. The molecule has 1 aromatic carbocycles. The minimum absolute atomic E-state index is 0.166. The molecule has 0 amide bonds. The predicted molar refractivity (Wildman–Crippen MR) is 118 cm³/mol. The van der Waals surface area contributed by atoms with E-state index in [1.807, 2.05) is 6.07 Å². The highest BCUT2D eigenvalue weighted by molar-refractivity contribution is 9.10. The summed E-state index contributed by atoms with van der Waals surface area (Å²) in [5.74, 6) is 0.521. The number of H-pyrrole nitrogens is 1. The standard InChI is InChI=1S/C18H22BrN7O3S/c1-20-30(27,28)12-3-4-14(26-7-5-11(29-2)6-8-26)13(9-12)23-17-15-16(19)24-25-18(15)22-10-21-17/h3-4,9-11,20H,5-8H2,1-2H3,(H2,21,22,23,24,25). The normalized spacial score (nSPS) is 15.6. The average Bonchev–Trinajstić information content (AvgIpc) is 3.15. The van der Waals surface area contributed by atoms with Gasteiger partial charge in [0.2, 0.25) is 10.0 Å². The van der Waals surface area contributed by atoms with Crippen LogP contribution >= 0.6 is 15.9 Å². The Morgan fingerprint density at radius 2 is 2.03 bits per heavy atom. The highest BCUT2D eigenvalue weighted by Crippen LogP contribution is 2.35. The minimum Gasteiger partial charge on any atom is -0.381 e. The van der Waals surface area contributed by atoms with Gasteiger partial charge in [-0.25, -0.2) is 23.1 Å². The first kappa shape index (κ1) is 21.0. The number of nitrogens with zero attached hydrogens (tertiary/aromatic N) is 4. The second-order valence-electron chi connectivity index (χ2n) is 6.89. The van der Waals surface area contributed by atoms with E-state index in [1.165, 1.54) is 13.4 Å². The Morgan fingerprint density at radius 3 is 2.73 bits per heavy atom. The van der Waals surface area contributed by atoms with E-state index in [9.17, 15) is 8.42 Å². The van der Waals surface area contributed by atoms with Crippen molar-refractivity contribution in [3.05, 3.63) is 29.1 Å². The lowest BCUT2D eigenvalue weighted by Gasteiger charge is -2.34. The molecule has 0 saturated carbocycles. The number of aromatic amines is 1. The number of nitrogens with one attached hydrogen (secondary N) is 3. The number of sulfonamides is 1. The number of rotatable bonds is 6. The Bertz CT molecular complexity index is 1160. The molecule has 1 aliphatic heterocycles. The molecule has 3 N–H and O–H groups in total. The monoisotopic (exact) mass is 495 g/mol. The van der Waals surface area contributed by atoms with Crippen molar-refractivity contribution in [3.8, 4) is 0 Å². The van der Waals surface area contributed by atoms with Crippen LogP contribution in [0.2, 0.25) is 0 Å². The molecule has 4 rings (SSSR count). The predicted octanol–water partition coefficient (Wildman–Crippen LogP) is 2.38. The van der Waals surface area contributed by atoms with Crippen molar-refractivity contribution in [3.63, 3.8) is 0 Å². The van der Waals surface area contributed by atoms with Crippen molar-refractivity contribution >= 4 is 54.2 Å². The van der Waals surface area contributed by atoms with Gasteiger partial charge in [-0.05, 0) is 54.0 Å². The van der Waals surface area contributed by atoms with Crippen molar-refractivity contribution in [2.75, 3.05) is 37.5 Å². The zero-order chi connectivity index (χ0) is 21.3. The van der Waals surface area contributed by atoms with Crippen molar-refractivity contribution < 1.29 is 13.2 Å². The van der Waals surface area contributed by atoms with Crippen molar-refractivity contribution in [2.24, 2.45) is 0 Å². The second-order valence-corrected chi connectivity index (χ2v) is 9.57. The number of benzene rings is 1. The van der Waals surface area contributed by atoms with Gasteiger partial charge in [-0.1, -0.05) is 0 Å². The minimum atomic E-state index is -3.60. The van der Waals surface area contributed by atoms with E-state index < -0.39 is 10.0 Å². The lowest BCUT2D eigenvalue weighted by Crippen LogP contribution is -2.37. The first-order valence-corrected chi connectivity index (χ1v) is 11.7. The number of aromatic nitrogens is 4. The van der Waals surface area contributed by atoms with Gasteiger partial charge in [0.25, 0.3) is 0 Å². The summed E-state index contributed by atoms with van der Waals surface area (Å²) in [5.41, 5.74) is 2.03.